The average Bonchev–Trinajstić information content (AvgIpc) is 2.90. The molecule has 9 heteroatoms. The molecule has 0 amide bonds. The van der Waals surface area contributed by atoms with Crippen LogP contribution in [0.15, 0.2) is 71.6 Å². The van der Waals surface area contributed by atoms with Crippen LogP contribution in [0.2, 0.25) is 0 Å². The van der Waals surface area contributed by atoms with Gasteiger partial charge in [0.05, 0.1) is 12.2 Å². The molecule has 0 saturated heterocycles. The fraction of sp³-hybridized carbons (Fsp3) is 0.367. The minimum Gasteiger partial charge on any atom is -0.487 e. The standard InChI is InChI=1S/C30H36N2O6S/c1-20-8-10-24(11-9-20)25-12-13-29-27(15-25)38-28(21(2)16-32(22(3)19-33)39(29,36)37)18-31(4)17-23-6-5-7-26(14-23)30(34)35/h5-15,21-22,28,33H,16-19H2,1-4H3,(H,34,35)/t21-,22-,28-/m0/s1. The molecule has 3 aromatic carbocycles. The largest absolute Gasteiger partial charge is 0.487 e. The van der Waals surface area contributed by atoms with Gasteiger partial charge in [-0.2, -0.15) is 4.31 Å². The highest BCUT2D eigenvalue weighted by molar-refractivity contribution is 7.89. The highest BCUT2D eigenvalue weighted by atomic mass is 32.2. The van der Waals surface area contributed by atoms with Gasteiger partial charge in [-0.25, -0.2) is 13.2 Å². The van der Waals surface area contributed by atoms with E-state index in [1.54, 1.807) is 43.3 Å². The molecule has 208 valence electrons. The van der Waals surface area contributed by atoms with Crippen molar-refractivity contribution >= 4 is 16.0 Å². The summed E-state index contributed by atoms with van der Waals surface area (Å²) in [5.41, 5.74) is 4.01. The molecule has 1 aliphatic rings. The molecule has 0 saturated carbocycles. The smallest absolute Gasteiger partial charge is 0.335 e. The number of fused-ring (bicyclic) bond motifs is 1. The third kappa shape index (κ3) is 6.50. The summed E-state index contributed by atoms with van der Waals surface area (Å²) in [6, 6.07) is 19.4. The number of benzene rings is 3. The van der Waals surface area contributed by atoms with E-state index in [9.17, 15) is 23.4 Å². The van der Waals surface area contributed by atoms with E-state index in [1.807, 2.05) is 56.1 Å². The maximum Gasteiger partial charge on any atom is 0.335 e. The normalized spacial score (nSPS) is 19.9. The van der Waals surface area contributed by atoms with Crippen molar-refractivity contribution in [3.8, 4) is 16.9 Å². The molecule has 1 aliphatic heterocycles. The number of nitrogens with zero attached hydrogens (tertiary/aromatic N) is 2. The molecule has 0 radical (unpaired) electrons. The zero-order valence-electron chi connectivity index (χ0n) is 22.7. The van der Waals surface area contributed by atoms with Crippen molar-refractivity contribution in [2.24, 2.45) is 5.92 Å². The second-order valence-corrected chi connectivity index (χ2v) is 12.3. The van der Waals surface area contributed by atoms with Crippen LogP contribution in [0.25, 0.3) is 11.1 Å². The number of aliphatic hydroxyl groups excluding tert-OH is 1. The van der Waals surface area contributed by atoms with Crippen LogP contribution in [0.5, 0.6) is 5.75 Å². The van der Waals surface area contributed by atoms with E-state index in [2.05, 4.69) is 0 Å². The number of hydrogen-bond donors (Lipinski definition) is 2. The van der Waals surface area contributed by atoms with E-state index in [0.717, 1.165) is 22.3 Å². The first-order valence-corrected chi connectivity index (χ1v) is 14.4. The minimum atomic E-state index is -3.93. The van der Waals surface area contributed by atoms with Gasteiger partial charge >= 0.3 is 5.97 Å². The molecule has 1 heterocycles. The van der Waals surface area contributed by atoms with E-state index in [1.165, 1.54) is 4.31 Å². The monoisotopic (exact) mass is 552 g/mol. The van der Waals surface area contributed by atoms with Crippen LogP contribution < -0.4 is 4.74 Å². The van der Waals surface area contributed by atoms with Crippen LogP contribution in [0.1, 0.15) is 35.3 Å². The van der Waals surface area contributed by atoms with Gasteiger partial charge in [0.25, 0.3) is 0 Å². The second-order valence-electron chi connectivity index (χ2n) is 10.5. The number of carbonyl (C=O) groups is 1. The average molecular weight is 553 g/mol. The number of aryl methyl sites for hydroxylation is 1. The van der Waals surface area contributed by atoms with Gasteiger partial charge in [-0.1, -0.05) is 55.0 Å². The predicted octanol–water partition coefficient (Wildman–Crippen LogP) is 4.26. The van der Waals surface area contributed by atoms with Crippen molar-refractivity contribution in [3.05, 3.63) is 83.4 Å². The molecule has 0 aromatic heterocycles. The van der Waals surface area contributed by atoms with Crippen LogP contribution in [0, 0.1) is 12.8 Å². The predicted molar refractivity (Wildman–Crippen MR) is 150 cm³/mol. The van der Waals surface area contributed by atoms with Crippen LogP contribution in [-0.2, 0) is 16.6 Å². The number of rotatable bonds is 8. The van der Waals surface area contributed by atoms with E-state index in [4.69, 9.17) is 4.74 Å². The Labute approximate surface area is 230 Å². The Kier molecular flexibility index (Phi) is 8.76. The zero-order chi connectivity index (χ0) is 28.3. The van der Waals surface area contributed by atoms with E-state index in [0.29, 0.717) is 13.1 Å². The number of aromatic carboxylic acids is 1. The number of carboxylic acids is 1. The Morgan fingerprint density at radius 3 is 2.46 bits per heavy atom. The number of hydrogen-bond acceptors (Lipinski definition) is 6. The Morgan fingerprint density at radius 1 is 1.10 bits per heavy atom. The zero-order valence-corrected chi connectivity index (χ0v) is 23.6. The molecule has 8 nitrogen and oxygen atoms in total. The molecule has 0 unspecified atom stereocenters. The Balaban J connectivity index is 1.69. The SMILES string of the molecule is Cc1ccc(-c2ccc3c(c2)O[C@@H](CN(C)Cc2cccc(C(=O)O)c2)[C@@H](C)CN([C@@H](C)CO)S3(=O)=O)cc1. The molecular formula is C30H36N2O6S. The molecule has 39 heavy (non-hydrogen) atoms. The lowest BCUT2D eigenvalue weighted by atomic mass is 10.0. The number of likely N-dealkylation sites (N-methyl/N-ethyl adjacent to an activating group) is 1. The van der Waals surface area contributed by atoms with Crippen molar-refractivity contribution in [1.29, 1.82) is 0 Å². The summed E-state index contributed by atoms with van der Waals surface area (Å²) in [6.45, 7) is 6.53. The van der Waals surface area contributed by atoms with Crippen LogP contribution in [0.3, 0.4) is 0 Å². The lowest BCUT2D eigenvalue weighted by Gasteiger charge is -2.37. The molecule has 3 aromatic rings. The maximum absolute atomic E-state index is 13.7. The maximum atomic E-state index is 13.7. The quantitative estimate of drug-likeness (QED) is 0.430. The third-order valence-electron chi connectivity index (χ3n) is 7.17. The number of carboxylic acid groups (broad SMARTS) is 1. The molecule has 0 spiro atoms. The van der Waals surface area contributed by atoms with E-state index in [-0.39, 0.29) is 41.4 Å². The lowest BCUT2D eigenvalue weighted by molar-refractivity contribution is 0.0694. The highest BCUT2D eigenvalue weighted by Gasteiger charge is 2.38. The number of aliphatic hydroxyl groups is 1. The van der Waals surface area contributed by atoms with Gasteiger partial charge in [-0.3, -0.25) is 4.90 Å². The summed E-state index contributed by atoms with van der Waals surface area (Å²) in [4.78, 5) is 13.5. The highest BCUT2D eigenvalue weighted by Crippen LogP contribution is 2.36. The summed E-state index contributed by atoms with van der Waals surface area (Å²) >= 11 is 0. The van der Waals surface area contributed by atoms with Gasteiger partial charge in [0, 0.05) is 31.6 Å². The van der Waals surface area contributed by atoms with Crippen molar-refractivity contribution < 1.29 is 28.2 Å². The van der Waals surface area contributed by atoms with Crippen LogP contribution in [-0.4, -0.2) is 72.7 Å². The van der Waals surface area contributed by atoms with Crippen molar-refractivity contribution in [3.63, 3.8) is 0 Å². The first-order chi connectivity index (χ1) is 18.5. The summed E-state index contributed by atoms with van der Waals surface area (Å²) in [5, 5.41) is 19.2. The first-order valence-electron chi connectivity index (χ1n) is 13.0. The van der Waals surface area contributed by atoms with Gasteiger partial charge in [-0.05, 0) is 61.9 Å². The number of ether oxygens (including phenoxy) is 1. The minimum absolute atomic E-state index is 0.0763. The molecule has 0 fully saturated rings. The Morgan fingerprint density at radius 2 is 1.79 bits per heavy atom. The fourth-order valence-electron chi connectivity index (χ4n) is 4.86. The molecule has 0 aliphatic carbocycles. The molecule has 0 bridgehead atoms. The molecule has 3 atom stereocenters. The topological polar surface area (TPSA) is 107 Å². The van der Waals surface area contributed by atoms with Gasteiger partial charge in [0.2, 0.25) is 10.0 Å². The van der Waals surface area contributed by atoms with E-state index < -0.39 is 22.0 Å². The van der Waals surface area contributed by atoms with Gasteiger partial charge in [0.1, 0.15) is 16.7 Å². The second kappa shape index (κ2) is 11.9. The number of sulfonamides is 1. The molecular weight excluding hydrogens is 516 g/mol. The van der Waals surface area contributed by atoms with Crippen LogP contribution in [0.4, 0.5) is 0 Å². The van der Waals surface area contributed by atoms with Crippen molar-refractivity contribution in [2.75, 3.05) is 26.7 Å². The van der Waals surface area contributed by atoms with E-state index >= 15 is 0 Å². The first kappa shape index (κ1) is 28.8. The summed E-state index contributed by atoms with van der Waals surface area (Å²) in [5.74, 6) is -0.893. The molecule has 2 N–H and O–H groups in total. The Bertz CT molecular complexity index is 1420. The molecule has 4 rings (SSSR count). The van der Waals surface area contributed by atoms with Crippen molar-refractivity contribution in [1.82, 2.24) is 9.21 Å². The summed E-state index contributed by atoms with van der Waals surface area (Å²) in [7, 11) is -2.00. The third-order valence-corrected chi connectivity index (χ3v) is 9.19. The fourth-order valence-corrected chi connectivity index (χ4v) is 6.68. The lowest BCUT2D eigenvalue weighted by Crippen LogP contribution is -2.49. The van der Waals surface area contributed by atoms with Gasteiger partial charge in [0.15, 0.2) is 0 Å². The summed E-state index contributed by atoms with van der Waals surface area (Å²) in [6.07, 6.45) is -0.367. The van der Waals surface area contributed by atoms with Gasteiger partial charge in [-0.15, -0.1) is 0 Å². The summed E-state index contributed by atoms with van der Waals surface area (Å²) < 4.78 is 35.4. The van der Waals surface area contributed by atoms with Crippen LogP contribution >= 0.6 is 0 Å². The van der Waals surface area contributed by atoms with Gasteiger partial charge < -0.3 is 14.9 Å². The Hall–Kier alpha value is -3.24. The van der Waals surface area contributed by atoms with Crippen molar-refractivity contribution in [2.45, 2.75) is 44.4 Å².